The molecule has 0 spiro atoms. The van der Waals surface area contributed by atoms with Crippen molar-refractivity contribution in [1.29, 1.82) is 0 Å². The van der Waals surface area contributed by atoms with E-state index in [9.17, 15) is 9.59 Å². The van der Waals surface area contributed by atoms with E-state index < -0.39 is 0 Å². The normalized spacial score (nSPS) is 13.7. The lowest BCUT2D eigenvalue weighted by Crippen LogP contribution is -2.47. The van der Waals surface area contributed by atoms with Crippen LogP contribution < -0.4 is 21.3 Å². The molecule has 2 unspecified atom stereocenters. The number of nitrogens with one attached hydrogen (secondary N) is 4. The fourth-order valence-electron chi connectivity index (χ4n) is 2.18. The zero-order valence-corrected chi connectivity index (χ0v) is 13.7. The first-order chi connectivity index (χ1) is 10.2. The molecule has 0 saturated carbocycles. The second-order valence-corrected chi connectivity index (χ2v) is 5.29. The molecule has 6 nitrogen and oxygen atoms in total. The van der Waals surface area contributed by atoms with E-state index in [0.717, 1.165) is 51.5 Å². The summed E-state index contributed by atoms with van der Waals surface area (Å²) in [6, 6.07) is -0.593. The molecule has 124 valence electrons. The highest BCUT2D eigenvalue weighted by Crippen LogP contribution is 2.03. The van der Waals surface area contributed by atoms with Gasteiger partial charge in [-0.3, -0.25) is 4.79 Å². The van der Waals surface area contributed by atoms with Crippen molar-refractivity contribution >= 4 is 12.2 Å². The first kappa shape index (κ1) is 20.0. The van der Waals surface area contributed by atoms with Gasteiger partial charge in [-0.2, -0.15) is 0 Å². The van der Waals surface area contributed by atoms with Crippen LogP contribution in [0.5, 0.6) is 0 Å². The number of hydrogen-bond acceptors (Lipinski definition) is 5. The van der Waals surface area contributed by atoms with Crippen LogP contribution in [0.2, 0.25) is 0 Å². The Balaban J connectivity index is 4.04. The van der Waals surface area contributed by atoms with Gasteiger partial charge in [0.05, 0.1) is 12.1 Å². The van der Waals surface area contributed by atoms with Gasteiger partial charge < -0.3 is 26.1 Å². The highest BCUT2D eigenvalue weighted by Gasteiger charge is 2.19. The standard InChI is InChI=1S/C15H32N4O2/c1-16-10-6-4-8-13(12-20)19-15(21)14(18-3)9-5-7-11-17-2/h12-14,16-18H,4-11H2,1-3H3,(H,19,21). The van der Waals surface area contributed by atoms with Crippen molar-refractivity contribution in [2.24, 2.45) is 0 Å². The molecule has 0 aliphatic heterocycles. The Bertz CT molecular complexity index is 274. The Morgan fingerprint density at radius 1 is 0.952 bits per heavy atom. The Labute approximate surface area is 128 Å². The van der Waals surface area contributed by atoms with Crippen LogP contribution in [0.25, 0.3) is 0 Å². The van der Waals surface area contributed by atoms with E-state index in [4.69, 9.17) is 0 Å². The van der Waals surface area contributed by atoms with E-state index in [0.29, 0.717) is 6.42 Å². The average Bonchev–Trinajstić information content (AvgIpc) is 2.50. The maximum Gasteiger partial charge on any atom is 0.237 e. The van der Waals surface area contributed by atoms with Crippen LogP contribution in [0.4, 0.5) is 0 Å². The van der Waals surface area contributed by atoms with Crippen molar-refractivity contribution < 1.29 is 9.59 Å². The summed E-state index contributed by atoms with van der Waals surface area (Å²) in [4.78, 5) is 23.2. The van der Waals surface area contributed by atoms with Crippen LogP contribution in [0.3, 0.4) is 0 Å². The zero-order valence-electron chi connectivity index (χ0n) is 13.7. The largest absolute Gasteiger partial charge is 0.345 e. The average molecular weight is 300 g/mol. The highest BCUT2D eigenvalue weighted by atomic mass is 16.2. The molecule has 0 rings (SSSR count). The molecule has 0 radical (unpaired) electrons. The van der Waals surface area contributed by atoms with Gasteiger partial charge in [0.1, 0.15) is 6.29 Å². The Morgan fingerprint density at radius 3 is 2.00 bits per heavy atom. The highest BCUT2D eigenvalue weighted by molar-refractivity contribution is 5.84. The van der Waals surface area contributed by atoms with Gasteiger partial charge in [0.15, 0.2) is 0 Å². The smallest absolute Gasteiger partial charge is 0.237 e. The van der Waals surface area contributed by atoms with Gasteiger partial charge >= 0.3 is 0 Å². The Hall–Kier alpha value is -0.980. The van der Waals surface area contributed by atoms with Crippen molar-refractivity contribution in [3.05, 3.63) is 0 Å². The summed E-state index contributed by atoms with van der Waals surface area (Å²) in [7, 11) is 5.61. The topological polar surface area (TPSA) is 82.3 Å². The van der Waals surface area contributed by atoms with Gasteiger partial charge in [-0.25, -0.2) is 0 Å². The molecule has 0 aromatic rings. The number of amides is 1. The van der Waals surface area contributed by atoms with Gasteiger partial charge in [-0.1, -0.05) is 6.42 Å². The van der Waals surface area contributed by atoms with Gasteiger partial charge in [0.2, 0.25) is 5.91 Å². The third kappa shape index (κ3) is 10.4. The summed E-state index contributed by atoms with van der Waals surface area (Å²) in [5, 5.41) is 12.0. The lowest BCUT2D eigenvalue weighted by molar-refractivity contribution is -0.126. The molecule has 0 aromatic heterocycles. The molecule has 0 aliphatic rings. The first-order valence-electron chi connectivity index (χ1n) is 7.91. The predicted molar refractivity (Wildman–Crippen MR) is 86.4 cm³/mol. The Morgan fingerprint density at radius 2 is 1.52 bits per heavy atom. The van der Waals surface area contributed by atoms with E-state index in [1.807, 2.05) is 14.1 Å². The summed E-state index contributed by atoms with van der Waals surface area (Å²) in [5.74, 6) is -0.0762. The third-order valence-electron chi connectivity index (χ3n) is 3.52. The molecule has 0 aromatic carbocycles. The molecule has 2 atom stereocenters. The van der Waals surface area contributed by atoms with Crippen LogP contribution in [-0.4, -0.2) is 58.5 Å². The summed E-state index contributed by atoms with van der Waals surface area (Å²) in [5.41, 5.74) is 0. The minimum Gasteiger partial charge on any atom is -0.345 e. The minimum absolute atomic E-state index is 0.0762. The zero-order chi connectivity index (χ0) is 15.9. The van der Waals surface area contributed by atoms with Gasteiger partial charge in [-0.15, -0.1) is 0 Å². The van der Waals surface area contributed by atoms with Gasteiger partial charge in [-0.05, 0) is 66.3 Å². The molecule has 4 N–H and O–H groups in total. The SMILES string of the molecule is CNCCCCC(C=O)NC(=O)C(CCCCNC)NC. The third-order valence-corrected chi connectivity index (χ3v) is 3.52. The van der Waals surface area contributed by atoms with E-state index >= 15 is 0 Å². The maximum atomic E-state index is 12.1. The second kappa shape index (κ2) is 14.0. The molecule has 6 heteroatoms. The number of hydrogen-bond donors (Lipinski definition) is 4. The van der Waals surface area contributed by atoms with Gasteiger partial charge in [0.25, 0.3) is 0 Å². The quantitative estimate of drug-likeness (QED) is 0.269. The van der Waals surface area contributed by atoms with Crippen LogP contribution in [0, 0.1) is 0 Å². The molecule has 0 bridgehead atoms. The molecule has 1 amide bonds. The minimum atomic E-state index is -0.373. The van der Waals surface area contributed by atoms with E-state index in [-0.39, 0.29) is 18.0 Å². The summed E-state index contributed by atoms with van der Waals surface area (Å²) < 4.78 is 0. The van der Waals surface area contributed by atoms with Crippen LogP contribution in [0.1, 0.15) is 38.5 Å². The van der Waals surface area contributed by atoms with Crippen molar-refractivity contribution in [3.8, 4) is 0 Å². The van der Waals surface area contributed by atoms with Crippen LogP contribution in [0.15, 0.2) is 0 Å². The van der Waals surface area contributed by atoms with Crippen LogP contribution in [-0.2, 0) is 9.59 Å². The van der Waals surface area contributed by atoms with Crippen LogP contribution >= 0.6 is 0 Å². The second-order valence-electron chi connectivity index (χ2n) is 5.29. The molecular formula is C15H32N4O2. The first-order valence-corrected chi connectivity index (χ1v) is 7.91. The van der Waals surface area contributed by atoms with Crippen molar-refractivity contribution in [1.82, 2.24) is 21.3 Å². The predicted octanol–water partition coefficient (Wildman–Crippen LogP) is 0.0375. The molecule has 0 heterocycles. The van der Waals surface area contributed by atoms with Gasteiger partial charge in [0, 0.05) is 0 Å². The van der Waals surface area contributed by atoms with E-state index in [1.165, 1.54) is 0 Å². The molecule has 0 saturated heterocycles. The molecule has 0 aliphatic carbocycles. The summed E-state index contributed by atoms with van der Waals surface area (Å²) in [6.07, 6.45) is 6.29. The number of carbonyl (C=O) groups excluding carboxylic acids is 2. The van der Waals surface area contributed by atoms with E-state index in [1.54, 1.807) is 7.05 Å². The lowest BCUT2D eigenvalue weighted by Gasteiger charge is -2.19. The Kier molecular flexibility index (Phi) is 13.3. The van der Waals surface area contributed by atoms with E-state index in [2.05, 4.69) is 21.3 Å². The summed E-state index contributed by atoms with van der Waals surface area (Å²) >= 11 is 0. The number of carbonyl (C=O) groups is 2. The fourth-order valence-corrected chi connectivity index (χ4v) is 2.18. The fraction of sp³-hybridized carbons (Fsp3) is 0.867. The van der Waals surface area contributed by atoms with Crippen molar-refractivity contribution in [2.45, 2.75) is 50.6 Å². The molecular weight excluding hydrogens is 268 g/mol. The number of rotatable bonds is 14. The lowest BCUT2D eigenvalue weighted by atomic mass is 10.1. The van der Waals surface area contributed by atoms with Crippen molar-refractivity contribution in [2.75, 3.05) is 34.2 Å². The number of unbranched alkanes of at least 4 members (excludes halogenated alkanes) is 2. The maximum absolute atomic E-state index is 12.1. The van der Waals surface area contributed by atoms with Crippen molar-refractivity contribution in [3.63, 3.8) is 0 Å². The summed E-state index contributed by atoms with van der Waals surface area (Å²) in [6.45, 7) is 1.89. The monoisotopic (exact) mass is 300 g/mol. The molecule has 0 fully saturated rings. The number of aldehydes is 1. The molecule has 21 heavy (non-hydrogen) atoms. The number of likely N-dealkylation sites (N-methyl/N-ethyl adjacent to an activating group) is 1.